The molecule has 0 unspecified atom stereocenters. The highest BCUT2D eigenvalue weighted by Gasteiger charge is 2.62. The Bertz CT molecular complexity index is 972. The van der Waals surface area contributed by atoms with Crippen LogP contribution in [0.5, 0.6) is 0 Å². The first kappa shape index (κ1) is 16.1. The van der Waals surface area contributed by atoms with E-state index in [1.165, 1.54) is 4.90 Å². The van der Waals surface area contributed by atoms with Gasteiger partial charge in [-0.15, -0.1) is 0 Å². The normalized spacial score (nSPS) is 26.4. The topological polar surface area (TPSA) is 71.0 Å². The average molecular weight is 362 g/mol. The summed E-state index contributed by atoms with van der Waals surface area (Å²) in [5, 5.41) is 4.03. The van der Waals surface area contributed by atoms with Gasteiger partial charge in [-0.1, -0.05) is 29.4 Å². The van der Waals surface area contributed by atoms with Crippen LogP contribution in [0.25, 0.3) is 16.2 Å². The Labute approximate surface area is 156 Å². The molecule has 3 saturated carbocycles. The molecule has 2 heterocycles. The molecule has 1 aromatic carbocycles. The fourth-order valence-electron chi connectivity index (χ4n) is 4.53. The Morgan fingerprint density at radius 2 is 1.96 bits per heavy atom. The maximum Gasteiger partial charge on any atom is 0.312 e. The van der Waals surface area contributed by atoms with Gasteiger partial charge in [-0.05, 0) is 25.2 Å². The summed E-state index contributed by atoms with van der Waals surface area (Å²) in [5.74, 6) is 0.402. The first-order chi connectivity index (χ1) is 13.1. The summed E-state index contributed by atoms with van der Waals surface area (Å²) in [6, 6.07) is 8.88. The molecule has 4 aliphatic rings. The second-order valence-corrected chi connectivity index (χ2v) is 7.70. The largest absolute Gasteiger partial charge is 0.357 e. The Morgan fingerprint density at radius 1 is 1.19 bits per heavy atom. The molecule has 0 radical (unpaired) electrons. The van der Waals surface area contributed by atoms with Crippen LogP contribution in [-0.2, 0) is 16.1 Å². The second kappa shape index (κ2) is 5.68. The van der Waals surface area contributed by atoms with Crippen LogP contribution in [0.15, 0.2) is 34.9 Å². The van der Waals surface area contributed by atoms with Crippen LogP contribution in [0.3, 0.4) is 0 Å². The van der Waals surface area contributed by atoms with Gasteiger partial charge in [0.15, 0.2) is 11.4 Å². The van der Waals surface area contributed by atoms with E-state index < -0.39 is 5.91 Å². The molecule has 2 bridgehead atoms. The molecular formula is C20H18N4O3. The maximum atomic E-state index is 12.6. The summed E-state index contributed by atoms with van der Waals surface area (Å²) < 4.78 is 5.38. The summed E-state index contributed by atoms with van der Waals surface area (Å²) >= 11 is 0. The maximum absolute atomic E-state index is 12.6. The molecule has 1 aromatic heterocycles. The number of rotatable bonds is 4. The van der Waals surface area contributed by atoms with E-state index in [0.717, 1.165) is 25.2 Å². The molecule has 0 N–H and O–H groups in total. The molecule has 7 heteroatoms. The first-order valence-electron chi connectivity index (χ1n) is 9.13. The van der Waals surface area contributed by atoms with Gasteiger partial charge in [-0.3, -0.25) is 9.59 Å². The van der Waals surface area contributed by atoms with E-state index in [1.807, 2.05) is 6.07 Å². The van der Waals surface area contributed by atoms with E-state index in [9.17, 15) is 9.59 Å². The average Bonchev–Trinajstić information content (AvgIpc) is 3.07. The summed E-state index contributed by atoms with van der Waals surface area (Å²) in [6.45, 7) is 8.59. The number of amides is 2. The van der Waals surface area contributed by atoms with E-state index in [0.29, 0.717) is 35.8 Å². The number of aromatic nitrogens is 1. The fourth-order valence-corrected chi connectivity index (χ4v) is 4.53. The third-order valence-electron chi connectivity index (χ3n) is 6.09. The zero-order valence-corrected chi connectivity index (χ0v) is 14.7. The predicted molar refractivity (Wildman–Crippen MR) is 95.4 cm³/mol. The minimum absolute atomic E-state index is 0.0198. The highest BCUT2D eigenvalue weighted by Crippen LogP contribution is 2.60. The van der Waals surface area contributed by atoms with Crippen LogP contribution in [0.4, 0.5) is 5.69 Å². The molecule has 0 atom stereocenters. The number of carbonyl (C=O) groups is 2. The third kappa shape index (κ3) is 2.36. The lowest BCUT2D eigenvalue weighted by Gasteiger charge is -2.66. The molecule has 6 rings (SSSR count). The zero-order valence-electron chi connectivity index (χ0n) is 14.7. The van der Waals surface area contributed by atoms with Crippen molar-refractivity contribution in [1.29, 1.82) is 0 Å². The molecule has 2 amide bonds. The van der Waals surface area contributed by atoms with E-state index in [2.05, 4.69) is 10.0 Å². The number of piperazine rings is 1. The molecule has 136 valence electrons. The lowest BCUT2D eigenvalue weighted by molar-refractivity contribution is -0.186. The van der Waals surface area contributed by atoms with Crippen LogP contribution in [0.1, 0.15) is 25.0 Å². The molecule has 1 saturated heterocycles. The Hall–Kier alpha value is -3.14. The van der Waals surface area contributed by atoms with Gasteiger partial charge >= 0.3 is 11.8 Å². The lowest BCUT2D eigenvalue weighted by atomic mass is 9.49. The van der Waals surface area contributed by atoms with Crippen molar-refractivity contribution in [3.8, 4) is 11.3 Å². The molecule has 4 fully saturated rings. The summed E-state index contributed by atoms with van der Waals surface area (Å²) in [7, 11) is 0. The molecule has 1 aliphatic heterocycles. The Kier molecular flexibility index (Phi) is 3.38. The summed E-state index contributed by atoms with van der Waals surface area (Å²) in [5.41, 5.74) is 1.71. The van der Waals surface area contributed by atoms with Gasteiger partial charge in [-0.25, -0.2) is 4.85 Å². The van der Waals surface area contributed by atoms with E-state index in [-0.39, 0.29) is 18.0 Å². The second-order valence-electron chi connectivity index (χ2n) is 7.70. The monoisotopic (exact) mass is 362 g/mol. The van der Waals surface area contributed by atoms with Crippen LogP contribution in [-0.4, -0.2) is 45.4 Å². The Balaban J connectivity index is 1.30. The minimum atomic E-state index is -0.461. The predicted octanol–water partition coefficient (Wildman–Crippen LogP) is 2.62. The van der Waals surface area contributed by atoms with Crippen molar-refractivity contribution in [3.63, 3.8) is 0 Å². The van der Waals surface area contributed by atoms with Crippen molar-refractivity contribution in [2.75, 3.05) is 13.1 Å². The van der Waals surface area contributed by atoms with Gasteiger partial charge in [0.1, 0.15) is 5.69 Å². The van der Waals surface area contributed by atoms with E-state index in [1.54, 1.807) is 29.2 Å². The molecule has 7 nitrogen and oxygen atoms in total. The minimum Gasteiger partial charge on any atom is -0.357 e. The van der Waals surface area contributed by atoms with Crippen molar-refractivity contribution in [1.82, 2.24) is 15.0 Å². The zero-order chi connectivity index (χ0) is 18.6. The van der Waals surface area contributed by atoms with Gasteiger partial charge in [0.05, 0.1) is 13.1 Å². The first-order valence-corrected chi connectivity index (χ1v) is 9.13. The molecular weight excluding hydrogens is 344 g/mol. The van der Waals surface area contributed by atoms with Gasteiger partial charge in [0.2, 0.25) is 0 Å². The van der Waals surface area contributed by atoms with Crippen molar-refractivity contribution in [2.24, 2.45) is 5.92 Å². The molecule has 2 aromatic rings. The SMILES string of the molecule is [C-]#[N+]c1ccccc1-c1cc(CN2CCN(C34CC(C3)C4)C(=O)C2=O)no1. The van der Waals surface area contributed by atoms with Crippen LogP contribution in [0.2, 0.25) is 0 Å². The standard InChI is InChI=1S/C20H18N4O3/c1-21-16-5-3-2-4-15(16)17-8-14(22-27-17)12-23-6-7-24(19(26)18(23)25)20-9-13(10-20)11-20/h2-5,8,13H,6-7,9-12H2. The number of nitrogens with zero attached hydrogens (tertiary/aromatic N) is 4. The lowest BCUT2D eigenvalue weighted by Crippen LogP contribution is -2.73. The van der Waals surface area contributed by atoms with Gasteiger partial charge in [0.25, 0.3) is 0 Å². The number of carbonyl (C=O) groups excluding carboxylic acids is 2. The van der Waals surface area contributed by atoms with Gasteiger partial charge in [-0.2, -0.15) is 0 Å². The van der Waals surface area contributed by atoms with E-state index >= 15 is 0 Å². The Morgan fingerprint density at radius 3 is 2.67 bits per heavy atom. The van der Waals surface area contributed by atoms with E-state index in [4.69, 9.17) is 11.1 Å². The molecule has 0 spiro atoms. The van der Waals surface area contributed by atoms with Gasteiger partial charge < -0.3 is 14.3 Å². The molecule has 3 aliphatic carbocycles. The smallest absolute Gasteiger partial charge is 0.312 e. The third-order valence-corrected chi connectivity index (χ3v) is 6.09. The summed E-state index contributed by atoms with van der Waals surface area (Å²) in [4.78, 5) is 31.9. The van der Waals surface area contributed by atoms with Gasteiger partial charge in [0, 0.05) is 30.3 Å². The van der Waals surface area contributed by atoms with Crippen molar-refractivity contribution >= 4 is 17.5 Å². The van der Waals surface area contributed by atoms with Crippen molar-refractivity contribution < 1.29 is 14.1 Å². The number of para-hydroxylation sites is 1. The number of hydrogen-bond acceptors (Lipinski definition) is 4. The highest BCUT2D eigenvalue weighted by molar-refractivity contribution is 6.35. The van der Waals surface area contributed by atoms with Crippen molar-refractivity contribution in [2.45, 2.75) is 31.3 Å². The van der Waals surface area contributed by atoms with Crippen LogP contribution >= 0.6 is 0 Å². The fraction of sp³-hybridized carbons (Fsp3) is 0.400. The highest BCUT2D eigenvalue weighted by atomic mass is 16.5. The van der Waals surface area contributed by atoms with Crippen molar-refractivity contribution in [3.05, 3.63) is 47.4 Å². The van der Waals surface area contributed by atoms with Crippen LogP contribution < -0.4 is 0 Å². The van der Waals surface area contributed by atoms with Crippen LogP contribution in [0, 0.1) is 12.5 Å². The molecule has 27 heavy (non-hydrogen) atoms. The number of benzene rings is 1. The summed E-state index contributed by atoms with van der Waals surface area (Å²) in [6.07, 6.45) is 3.16. The quantitative estimate of drug-likeness (QED) is 0.619. The number of hydrogen-bond donors (Lipinski definition) is 0.